The molecule has 1 amide bonds. The highest BCUT2D eigenvalue weighted by Gasteiger charge is 2.44. The zero-order valence-electron chi connectivity index (χ0n) is 11.7. The van der Waals surface area contributed by atoms with Gasteiger partial charge in [0.2, 0.25) is 0 Å². The molecular weight excluding hydrogens is 270 g/mol. The van der Waals surface area contributed by atoms with Crippen LogP contribution in [0, 0.1) is 0 Å². The molecule has 1 N–H and O–H groups in total. The number of ether oxygens (including phenoxy) is 1. The number of aromatic amines is 1. The molecule has 2 heterocycles. The number of hydrogen-bond acceptors (Lipinski definition) is 4. The van der Waals surface area contributed by atoms with Gasteiger partial charge in [-0.05, 0) is 27.2 Å². The molecule has 112 valence electrons. The van der Waals surface area contributed by atoms with Crippen molar-refractivity contribution in [1.82, 2.24) is 20.1 Å². The largest absolute Gasteiger partial charge is 0.444 e. The van der Waals surface area contributed by atoms with Crippen molar-refractivity contribution in [3.8, 4) is 0 Å². The van der Waals surface area contributed by atoms with Gasteiger partial charge in [0, 0.05) is 6.42 Å². The molecule has 6 nitrogen and oxygen atoms in total. The molecule has 1 atom stereocenters. The first-order valence-electron chi connectivity index (χ1n) is 6.41. The van der Waals surface area contributed by atoms with Crippen molar-refractivity contribution in [3.05, 3.63) is 12.2 Å². The van der Waals surface area contributed by atoms with Crippen LogP contribution < -0.4 is 0 Å². The van der Waals surface area contributed by atoms with Crippen molar-refractivity contribution < 1.29 is 18.3 Å². The zero-order valence-corrected chi connectivity index (χ0v) is 11.7. The van der Waals surface area contributed by atoms with Crippen LogP contribution in [0.5, 0.6) is 0 Å². The topological polar surface area (TPSA) is 71.1 Å². The first-order valence-corrected chi connectivity index (χ1v) is 6.41. The lowest BCUT2D eigenvalue weighted by molar-refractivity contribution is -0.0872. The molecule has 0 radical (unpaired) electrons. The highest BCUT2D eigenvalue weighted by Crippen LogP contribution is 2.37. The summed E-state index contributed by atoms with van der Waals surface area (Å²) in [6.45, 7) is 4.40. The predicted octanol–water partition coefficient (Wildman–Crippen LogP) is 2.51. The van der Waals surface area contributed by atoms with Gasteiger partial charge in [-0.1, -0.05) is 0 Å². The number of alkyl halides is 2. The molecule has 1 aromatic heterocycles. The second kappa shape index (κ2) is 4.99. The first-order chi connectivity index (χ1) is 9.18. The molecular formula is C12H18F2N4O2. The number of H-pyrrole nitrogens is 1. The zero-order chi connectivity index (χ0) is 15.0. The van der Waals surface area contributed by atoms with Crippen LogP contribution in [-0.2, 0) is 4.74 Å². The number of halogens is 2. The Bertz CT molecular complexity index is 470. The maximum atomic E-state index is 13.6. The lowest BCUT2D eigenvalue weighted by Gasteiger charge is -2.38. The Morgan fingerprint density at radius 1 is 1.55 bits per heavy atom. The Kier molecular flexibility index (Phi) is 3.66. The van der Waals surface area contributed by atoms with E-state index in [4.69, 9.17) is 4.74 Å². The fourth-order valence-electron chi connectivity index (χ4n) is 2.11. The Labute approximate surface area is 115 Å². The third kappa shape index (κ3) is 3.43. The Morgan fingerprint density at radius 2 is 2.25 bits per heavy atom. The number of nitrogens with zero attached hydrogens (tertiary/aromatic N) is 3. The normalized spacial score (nSPS) is 22.6. The molecule has 20 heavy (non-hydrogen) atoms. The smallest absolute Gasteiger partial charge is 0.411 e. The number of carbonyl (C=O) groups excluding carboxylic acids is 1. The molecule has 0 aliphatic carbocycles. The summed E-state index contributed by atoms with van der Waals surface area (Å²) in [5.41, 5.74) is -0.740. The molecule has 1 aliphatic heterocycles. The standard InChI is InChI=1S/C12H18F2N4O2/c1-11(2,3)20-10(19)18-6-12(13,14)5-4-8(18)9-15-7-16-17-9/h7-8H,4-6H2,1-3H3,(H,15,16,17). The van der Waals surface area contributed by atoms with Crippen molar-refractivity contribution >= 4 is 6.09 Å². The molecule has 2 rings (SSSR count). The molecule has 1 aliphatic rings. The van der Waals surface area contributed by atoms with Gasteiger partial charge in [0.15, 0.2) is 0 Å². The molecule has 1 fully saturated rings. The van der Waals surface area contributed by atoms with Gasteiger partial charge in [-0.25, -0.2) is 18.6 Å². The summed E-state index contributed by atoms with van der Waals surface area (Å²) in [5.74, 6) is -2.51. The number of nitrogens with one attached hydrogen (secondary N) is 1. The van der Waals surface area contributed by atoms with Gasteiger partial charge in [0.05, 0.1) is 12.6 Å². The van der Waals surface area contributed by atoms with E-state index < -0.39 is 30.2 Å². The van der Waals surface area contributed by atoms with Crippen molar-refractivity contribution in [1.29, 1.82) is 0 Å². The minimum atomic E-state index is -2.91. The van der Waals surface area contributed by atoms with Crippen molar-refractivity contribution in [2.45, 2.75) is 51.2 Å². The van der Waals surface area contributed by atoms with Gasteiger partial charge >= 0.3 is 6.09 Å². The summed E-state index contributed by atoms with van der Waals surface area (Å²) in [7, 11) is 0. The molecule has 0 aromatic carbocycles. The number of rotatable bonds is 1. The van der Waals surface area contributed by atoms with Crippen LogP contribution >= 0.6 is 0 Å². The summed E-state index contributed by atoms with van der Waals surface area (Å²) >= 11 is 0. The summed E-state index contributed by atoms with van der Waals surface area (Å²) in [5, 5.41) is 6.33. The molecule has 8 heteroatoms. The summed E-state index contributed by atoms with van der Waals surface area (Å²) in [6, 6.07) is -0.563. The van der Waals surface area contributed by atoms with Gasteiger partial charge in [0.1, 0.15) is 17.8 Å². The number of amides is 1. The molecule has 1 aromatic rings. The third-order valence-corrected chi connectivity index (χ3v) is 2.94. The third-order valence-electron chi connectivity index (χ3n) is 2.94. The van der Waals surface area contributed by atoms with E-state index in [0.717, 1.165) is 4.90 Å². The molecule has 1 unspecified atom stereocenters. The Balaban J connectivity index is 2.20. The summed E-state index contributed by atoms with van der Waals surface area (Å²) in [6.07, 6.45) is 0.340. The lowest BCUT2D eigenvalue weighted by Crippen LogP contribution is -2.49. The maximum absolute atomic E-state index is 13.6. The molecule has 1 saturated heterocycles. The molecule has 0 saturated carbocycles. The number of likely N-dealkylation sites (tertiary alicyclic amines) is 1. The average Bonchev–Trinajstić information content (AvgIpc) is 2.78. The second-order valence-electron chi connectivity index (χ2n) is 5.89. The van der Waals surface area contributed by atoms with Crippen LogP contribution in [0.4, 0.5) is 13.6 Å². The quantitative estimate of drug-likeness (QED) is 0.862. The molecule has 0 bridgehead atoms. The number of hydrogen-bond donors (Lipinski definition) is 1. The summed E-state index contributed by atoms with van der Waals surface area (Å²) in [4.78, 5) is 17.1. The van der Waals surface area contributed by atoms with Gasteiger partial charge < -0.3 is 4.74 Å². The fraction of sp³-hybridized carbons (Fsp3) is 0.750. The van der Waals surface area contributed by atoms with E-state index >= 15 is 0 Å². The van der Waals surface area contributed by atoms with E-state index in [9.17, 15) is 13.6 Å². The Morgan fingerprint density at radius 3 is 2.80 bits per heavy atom. The number of piperidine rings is 1. The van der Waals surface area contributed by atoms with E-state index in [1.807, 2.05) is 0 Å². The number of carbonyl (C=O) groups is 1. The highest BCUT2D eigenvalue weighted by molar-refractivity contribution is 5.69. The van der Waals surface area contributed by atoms with E-state index in [0.29, 0.717) is 5.82 Å². The van der Waals surface area contributed by atoms with Crippen LogP contribution in [-0.4, -0.2) is 44.2 Å². The minimum absolute atomic E-state index is 0.113. The first kappa shape index (κ1) is 14.7. The molecule has 0 spiro atoms. The van der Waals surface area contributed by atoms with Crippen LogP contribution in [0.25, 0.3) is 0 Å². The minimum Gasteiger partial charge on any atom is -0.444 e. The van der Waals surface area contributed by atoms with Crippen molar-refractivity contribution in [2.24, 2.45) is 0 Å². The van der Waals surface area contributed by atoms with E-state index in [1.54, 1.807) is 20.8 Å². The average molecular weight is 288 g/mol. The van der Waals surface area contributed by atoms with E-state index in [2.05, 4.69) is 15.2 Å². The van der Waals surface area contributed by atoms with Crippen LogP contribution in [0.1, 0.15) is 45.5 Å². The van der Waals surface area contributed by atoms with Gasteiger partial charge in [-0.3, -0.25) is 10.00 Å². The van der Waals surface area contributed by atoms with E-state index in [-0.39, 0.29) is 12.8 Å². The van der Waals surface area contributed by atoms with Crippen LogP contribution in [0.2, 0.25) is 0 Å². The van der Waals surface area contributed by atoms with Crippen LogP contribution in [0.3, 0.4) is 0 Å². The second-order valence-corrected chi connectivity index (χ2v) is 5.89. The highest BCUT2D eigenvalue weighted by atomic mass is 19.3. The SMILES string of the molecule is CC(C)(C)OC(=O)N1CC(F)(F)CCC1c1ncn[nH]1. The maximum Gasteiger partial charge on any atom is 0.411 e. The van der Waals surface area contributed by atoms with Gasteiger partial charge in [-0.15, -0.1) is 0 Å². The monoisotopic (exact) mass is 288 g/mol. The van der Waals surface area contributed by atoms with Crippen molar-refractivity contribution in [3.63, 3.8) is 0 Å². The predicted molar refractivity (Wildman–Crippen MR) is 66.2 cm³/mol. The van der Waals surface area contributed by atoms with Gasteiger partial charge in [0.25, 0.3) is 5.92 Å². The van der Waals surface area contributed by atoms with E-state index in [1.165, 1.54) is 6.33 Å². The fourth-order valence-corrected chi connectivity index (χ4v) is 2.11. The summed E-state index contributed by atoms with van der Waals surface area (Å²) < 4.78 is 32.3. The van der Waals surface area contributed by atoms with Gasteiger partial charge in [-0.2, -0.15) is 5.10 Å². The Hall–Kier alpha value is -1.73. The van der Waals surface area contributed by atoms with Crippen molar-refractivity contribution in [2.75, 3.05) is 6.54 Å². The van der Waals surface area contributed by atoms with Crippen LogP contribution in [0.15, 0.2) is 6.33 Å². The number of aromatic nitrogens is 3. The lowest BCUT2D eigenvalue weighted by atomic mass is 9.99.